The van der Waals surface area contributed by atoms with Crippen LogP contribution in [0.5, 0.6) is 23.0 Å². The van der Waals surface area contributed by atoms with Gasteiger partial charge in [-0.1, -0.05) is 332 Å². The van der Waals surface area contributed by atoms with Gasteiger partial charge in [-0.2, -0.15) is 0 Å². The van der Waals surface area contributed by atoms with Gasteiger partial charge in [0.2, 0.25) is 0 Å². The monoisotopic (exact) mass is 1470 g/mol. The van der Waals surface area contributed by atoms with Gasteiger partial charge in [-0.25, -0.2) is 0 Å². The lowest BCUT2D eigenvalue weighted by Crippen LogP contribution is -2.63. The predicted octanol–water partition coefficient (Wildman–Crippen LogP) is 24.5. The van der Waals surface area contributed by atoms with E-state index >= 15 is 0 Å². The van der Waals surface area contributed by atoms with Crippen LogP contribution in [0.15, 0.2) is 315 Å². The van der Waals surface area contributed by atoms with Gasteiger partial charge in [0.15, 0.2) is 0 Å². The van der Waals surface area contributed by atoms with Gasteiger partial charge in [0.1, 0.15) is 23.0 Å². The third-order valence-electron chi connectivity index (χ3n) is 24.8. The molecule has 0 saturated carbocycles. The van der Waals surface area contributed by atoms with Gasteiger partial charge in [0, 0.05) is 84.7 Å². The second kappa shape index (κ2) is 25.4. The van der Waals surface area contributed by atoms with Crippen molar-refractivity contribution in [3.63, 3.8) is 0 Å². The van der Waals surface area contributed by atoms with E-state index < -0.39 is 0 Å². The summed E-state index contributed by atoms with van der Waals surface area (Å²) in [6, 6.07) is 119. The fourth-order valence-electron chi connectivity index (χ4n) is 19.0. The van der Waals surface area contributed by atoms with E-state index in [-0.39, 0.29) is 35.1 Å². The Labute approximate surface area is 669 Å². The molecule has 0 saturated heterocycles. The molecular weight excluding hydrogens is 1380 g/mol. The lowest BCUT2D eigenvalue weighted by atomic mass is 9.31. The summed E-state index contributed by atoms with van der Waals surface area (Å²) >= 11 is 0. The van der Waals surface area contributed by atoms with Crippen molar-refractivity contribution in [2.24, 2.45) is 0 Å². The summed E-state index contributed by atoms with van der Waals surface area (Å²) in [6.07, 6.45) is 0. The Bertz CT molecular complexity index is 6180. The number of aromatic nitrogens is 2. The second-order valence-corrected chi connectivity index (χ2v) is 36.0. The van der Waals surface area contributed by atoms with Crippen molar-refractivity contribution >= 4 is 124 Å². The van der Waals surface area contributed by atoms with Gasteiger partial charge >= 0.3 is 0 Å². The number of hydrogen-bond acceptors (Lipinski definition) is 4. The van der Waals surface area contributed by atoms with Crippen LogP contribution < -0.4 is 52.1 Å². The molecule has 0 amide bonds. The van der Waals surface area contributed by atoms with Gasteiger partial charge in [-0.05, 0) is 147 Å². The van der Waals surface area contributed by atoms with E-state index in [0.717, 1.165) is 157 Å². The van der Waals surface area contributed by atoms with E-state index in [1.807, 2.05) is 0 Å². The van der Waals surface area contributed by atoms with Crippen LogP contribution in [-0.2, 0) is 21.7 Å². The lowest BCUT2D eigenvalue weighted by Gasteiger charge is -2.43. The van der Waals surface area contributed by atoms with Crippen molar-refractivity contribution in [3.8, 4) is 78.9 Å². The van der Waals surface area contributed by atoms with Crippen LogP contribution in [0.1, 0.15) is 105 Å². The average Bonchev–Trinajstić information content (AvgIpc) is 0.797. The van der Waals surface area contributed by atoms with E-state index in [2.05, 4.69) is 417 Å². The summed E-state index contributed by atoms with van der Waals surface area (Å²) in [4.78, 5) is 5.19. The number of rotatable bonds is 8. The van der Waals surface area contributed by atoms with Crippen molar-refractivity contribution in [1.82, 2.24) is 9.13 Å². The first kappa shape index (κ1) is 69.2. The maximum atomic E-state index is 8.01. The molecule has 6 heterocycles. The molecule has 15 aromatic carbocycles. The first-order valence-corrected chi connectivity index (χ1v) is 40.4. The number of hydrogen-bond donors (Lipinski definition) is 0. The molecule has 0 aliphatic carbocycles. The molecule has 0 spiro atoms. The zero-order valence-electron chi connectivity index (χ0n) is 66.8. The Morgan fingerprint density at radius 3 is 0.825 bits per heavy atom. The minimum Gasteiger partial charge on any atom is -0.458 e. The summed E-state index contributed by atoms with van der Waals surface area (Å²) < 4.78 is 21.1. The molecule has 550 valence electrons. The van der Waals surface area contributed by atoms with Gasteiger partial charge in [0.05, 0.1) is 44.8 Å². The highest BCUT2D eigenvalue weighted by Gasteiger charge is 2.48. The highest BCUT2D eigenvalue weighted by atomic mass is 16.5. The number of nitrogens with zero attached hydrogens (tertiary/aromatic N) is 4. The molecular formula is C106H88B2N4O2. The largest absolute Gasteiger partial charge is 0.458 e. The average molecular weight is 1470 g/mol. The van der Waals surface area contributed by atoms with Crippen molar-refractivity contribution in [1.29, 1.82) is 0 Å². The van der Waals surface area contributed by atoms with Crippen LogP contribution in [0.25, 0.3) is 99.5 Å². The Kier molecular flexibility index (Phi) is 15.4. The van der Waals surface area contributed by atoms with Gasteiger partial charge < -0.3 is 28.4 Å². The molecule has 0 fully saturated rings. The van der Waals surface area contributed by atoms with Crippen molar-refractivity contribution in [2.75, 3.05) is 9.80 Å². The summed E-state index contributed by atoms with van der Waals surface area (Å²) in [5.41, 5.74) is 33.5. The first-order valence-electron chi connectivity index (χ1n) is 40.4. The summed E-state index contributed by atoms with van der Waals surface area (Å²) in [7, 11) is 0. The molecule has 114 heavy (non-hydrogen) atoms. The van der Waals surface area contributed by atoms with Crippen LogP contribution >= 0.6 is 0 Å². The van der Waals surface area contributed by atoms with Crippen molar-refractivity contribution in [2.45, 2.75) is 105 Å². The second-order valence-electron chi connectivity index (χ2n) is 36.0. The Balaban J connectivity index is 0.854. The summed E-state index contributed by atoms with van der Waals surface area (Å²) in [6.45, 7) is 27.3. The molecule has 6 nitrogen and oxygen atoms in total. The normalized spacial score (nSPS) is 13.5. The van der Waals surface area contributed by atoms with Crippen LogP contribution in [0, 0.1) is 0 Å². The number of ether oxygens (including phenoxy) is 2. The third kappa shape index (κ3) is 10.8. The number of fused-ring (bicyclic) bond motifs is 14. The highest BCUT2D eigenvalue weighted by Crippen LogP contribution is 2.54. The topological polar surface area (TPSA) is 34.8 Å². The van der Waals surface area contributed by atoms with E-state index in [1.165, 1.54) is 54.7 Å². The van der Waals surface area contributed by atoms with Gasteiger partial charge in [-0.15, -0.1) is 0 Å². The molecule has 0 bridgehead atoms. The van der Waals surface area contributed by atoms with Crippen LogP contribution in [0.4, 0.5) is 34.1 Å². The van der Waals surface area contributed by atoms with E-state index in [9.17, 15) is 0 Å². The number of anilines is 6. The molecule has 8 heteroatoms. The highest BCUT2D eigenvalue weighted by molar-refractivity contribution is 7.02. The van der Waals surface area contributed by atoms with Crippen LogP contribution in [0.3, 0.4) is 0 Å². The fourth-order valence-corrected chi connectivity index (χ4v) is 19.0. The molecule has 2 aromatic heterocycles. The predicted molar refractivity (Wildman–Crippen MR) is 483 cm³/mol. The SMILES string of the molecule is CC(C)(C)c1ccc2c3ccc(C(C)(C)C)cc3n(-c3cc4c5c(c3)N(c3c(-c6ccccc6)cccc3-c3ccccc3)c3ccccc3B5c3cc5c(cc3O4)Oc3cc(-n4c6cc(C(C)(C)C)ccc6c6ccc(C(C)(C)C)cc64)cc4c3B5c3ccccc3N4c3c(-c4ccccc4)cccc3-c3ccccc3)c2c1. The minimum atomic E-state index is -0.288. The fraction of sp³-hybridized carbons (Fsp3) is 0.151. The molecule has 4 aliphatic rings. The smallest absolute Gasteiger partial charge is 0.256 e. The van der Waals surface area contributed by atoms with Crippen molar-refractivity contribution in [3.05, 3.63) is 338 Å². The third-order valence-corrected chi connectivity index (χ3v) is 24.8. The minimum absolute atomic E-state index is 0.121. The first-order chi connectivity index (χ1) is 55.1. The number of benzene rings is 15. The molecule has 0 unspecified atom stereocenters. The lowest BCUT2D eigenvalue weighted by molar-refractivity contribution is 0.465. The molecule has 17 aromatic rings. The zero-order chi connectivity index (χ0) is 77.6. The molecule has 0 N–H and O–H groups in total. The summed E-state index contributed by atoms with van der Waals surface area (Å²) in [5, 5.41) is 4.83. The number of para-hydroxylation sites is 4. The standard InChI is InChI=1S/C106H88B2N4O2/c1-103(2,3)69-47-51-79-80-52-48-70(104(4,5)6)56-90(80)109(89(79)55-69)73-59-93-99-97(61-73)113-95-64-96-86(63-85(95)107(99)83-43-25-27-45-87(83)111(93)101-75(65-31-17-13-18-32-65)39-29-40-76(101)66-33-19-14-20-34-66)108-84-44-26-28-46-88(84)112(102-77(67-35-21-15-22-36-67)41-30-42-78(102)68-37-23-16-24-38-68)94-60-74(62-98(114-96)100(94)108)110-91-57-71(105(7,8)9)49-53-81(91)82-54-50-72(58-92(82)110)106(10,11)12/h13-64H,1-12H3. The molecule has 0 radical (unpaired) electrons. The van der Waals surface area contributed by atoms with Gasteiger partial charge in [-0.3, -0.25) is 0 Å². The van der Waals surface area contributed by atoms with Crippen LogP contribution in [-0.4, -0.2) is 22.6 Å². The molecule has 21 rings (SSSR count). The Morgan fingerprint density at radius 1 is 0.237 bits per heavy atom. The Morgan fingerprint density at radius 2 is 0.526 bits per heavy atom. The van der Waals surface area contributed by atoms with E-state index in [4.69, 9.17) is 9.47 Å². The van der Waals surface area contributed by atoms with Crippen molar-refractivity contribution < 1.29 is 9.47 Å². The maximum Gasteiger partial charge on any atom is 0.256 e. The molecule has 0 atom stereocenters. The van der Waals surface area contributed by atoms with Gasteiger partial charge in [0.25, 0.3) is 13.4 Å². The van der Waals surface area contributed by atoms with E-state index in [0.29, 0.717) is 0 Å². The molecule has 4 aliphatic heterocycles. The summed E-state index contributed by atoms with van der Waals surface area (Å²) in [5.74, 6) is 3.13. The zero-order valence-corrected chi connectivity index (χ0v) is 66.8. The van der Waals surface area contributed by atoms with E-state index in [1.54, 1.807) is 0 Å². The maximum absolute atomic E-state index is 8.01. The van der Waals surface area contributed by atoms with Crippen LogP contribution in [0.2, 0.25) is 0 Å². The quantitative estimate of drug-likeness (QED) is 0.142. The Hall–Kier alpha value is -12.8.